The quantitative estimate of drug-likeness (QED) is 0.433. The van der Waals surface area contributed by atoms with Crippen LogP contribution < -0.4 is 9.47 Å². The Kier molecular flexibility index (Phi) is 5.93. The van der Waals surface area contributed by atoms with E-state index in [0.717, 1.165) is 0 Å². The molecule has 8 nitrogen and oxygen atoms in total. The second-order valence-corrected chi connectivity index (χ2v) is 6.88. The third-order valence-electron chi connectivity index (χ3n) is 4.80. The summed E-state index contributed by atoms with van der Waals surface area (Å²) >= 11 is 0. The number of ketones is 1. The fourth-order valence-corrected chi connectivity index (χ4v) is 3.30. The highest BCUT2D eigenvalue weighted by Gasteiger charge is 2.47. The molecule has 8 heteroatoms. The van der Waals surface area contributed by atoms with E-state index in [9.17, 15) is 14.7 Å². The molecule has 2 aromatic rings. The fraction of sp³-hybridized carbons (Fsp3) is 0.333. The lowest BCUT2D eigenvalue weighted by molar-refractivity contribution is -0.140. The molecule has 0 bridgehead atoms. The molecule has 1 saturated heterocycles. The number of likely N-dealkylation sites (tertiary alicyclic amines) is 1. The van der Waals surface area contributed by atoms with Crippen molar-refractivity contribution in [3.63, 3.8) is 0 Å². The second-order valence-electron chi connectivity index (χ2n) is 6.88. The first-order chi connectivity index (χ1) is 13.9. The summed E-state index contributed by atoms with van der Waals surface area (Å²) in [5.74, 6) is -0.429. The molecule has 1 aliphatic heterocycles. The molecule has 1 amide bonds. The Bertz CT molecular complexity index is 933. The number of amides is 1. The van der Waals surface area contributed by atoms with Gasteiger partial charge < -0.3 is 28.8 Å². The molecule has 1 N–H and O–H groups in total. The Hall–Kier alpha value is -3.26. The lowest BCUT2D eigenvalue weighted by atomic mass is 9.99. The monoisotopic (exact) mass is 400 g/mol. The first-order valence-corrected chi connectivity index (χ1v) is 9.08. The Balaban J connectivity index is 2.11. The molecule has 1 aromatic heterocycles. The number of aliphatic hydroxyl groups excluding tert-OH is 1. The predicted octanol–water partition coefficient (Wildman–Crippen LogP) is 2.28. The lowest BCUT2D eigenvalue weighted by Gasteiger charge is -2.24. The van der Waals surface area contributed by atoms with Gasteiger partial charge >= 0.3 is 0 Å². The van der Waals surface area contributed by atoms with E-state index >= 15 is 0 Å². The van der Waals surface area contributed by atoms with Crippen LogP contribution in [0.2, 0.25) is 0 Å². The Morgan fingerprint density at radius 3 is 2.48 bits per heavy atom. The average molecular weight is 400 g/mol. The van der Waals surface area contributed by atoms with Crippen molar-refractivity contribution in [1.82, 2.24) is 9.80 Å². The number of benzene rings is 1. The maximum absolute atomic E-state index is 12.8. The van der Waals surface area contributed by atoms with Crippen molar-refractivity contribution in [3.8, 4) is 11.5 Å². The minimum Gasteiger partial charge on any atom is -0.507 e. The van der Waals surface area contributed by atoms with Crippen LogP contribution in [0.15, 0.2) is 46.6 Å². The molecule has 29 heavy (non-hydrogen) atoms. The molecule has 1 atom stereocenters. The van der Waals surface area contributed by atoms with Gasteiger partial charge in [0.25, 0.3) is 11.7 Å². The highest BCUT2D eigenvalue weighted by molar-refractivity contribution is 6.46. The van der Waals surface area contributed by atoms with Gasteiger partial charge in [-0.05, 0) is 44.4 Å². The van der Waals surface area contributed by atoms with Crippen LogP contribution in [0.25, 0.3) is 5.76 Å². The predicted molar refractivity (Wildman–Crippen MR) is 106 cm³/mol. The van der Waals surface area contributed by atoms with Crippen LogP contribution in [0.4, 0.5) is 0 Å². The summed E-state index contributed by atoms with van der Waals surface area (Å²) in [6.07, 6.45) is 1.47. The van der Waals surface area contributed by atoms with Crippen molar-refractivity contribution >= 4 is 17.4 Å². The molecule has 2 heterocycles. The molecule has 1 aromatic carbocycles. The van der Waals surface area contributed by atoms with E-state index in [0.29, 0.717) is 35.9 Å². The molecule has 0 spiro atoms. The standard InChI is InChI=1S/C21H24N2O6/c1-22(2)9-10-23-18(15-6-5-11-29-15)17(20(25)21(23)26)19(24)13-7-8-14(27-3)16(12-13)28-4/h5-8,11-12,18,24H,9-10H2,1-4H3/t18-/m1/s1. The van der Waals surface area contributed by atoms with Gasteiger partial charge in [-0.3, -0.25) is 9.59 Å². The SMILES string of the molecule is COc1ccc(C(O)=C2C(=O)C(=O)N(CCN(C)C)[C@@H]2c2ccco2)cc1OC. The van der Waals surface area contributed by atoms with Gasteiger partial charge in [0.2, 0.25) is 0 Å². The Morgan fingerprint density at radius 2 is 1.90 bits per heavy atom. The molecule has 3 rings (SSSR count). The average Bonchev–Trinajstić information content (AvgIpc) is 3.32. The number of hydrogen-bond donors (Lipinski definition) is 1. The van der Waals surface area contributed by atoms with Gasteiger partial charge in [-0.2, -0.15) is 0 Å². The van der Waals surface area contributed by atoms with Crippen molar-refractivity contribution in [3.05, 3.63) is 53.5 Å². The topological polar surface area (TPSA) is 92.5 Å². The van der Waals surface area contributed by atoms with Crippen molar-refractivity contribution in [1.29, 1.82) is 0 Å². The van der Waals surface area contributed by atoms with Crippen LogP contribution >= 0.6 is 0 Å². The maximum atomic E-state index is 12.8. The first kappa shape index (κ1) is 20.5. The van der Waals surface area contributed by atoms with Gasteiger partial charge in [-0.15, -0.1) is 0 Å². The summed E-state index contributed by atoms with van der Waals surface area (Å²) in [5, 5.41) is 11.0. The highest BCUT2D eigenvalue weighted by atomic mass is 16.5. The molecule has 0 aliphatic carbocycles. The van der Waals surface area contributed by atoms with Crippen LogP contribution in [0.5, 0.6) is 11.5 Å². The number of aliphatic hydroxyl groups is 1. The van der Waals surface area contributed by atoms with Gasteiger partial charge in [-0.25, -0.2) is 0 Å². The van der Waals surface area contributed by atoms with Crippen LogP contribution in [-0.4, -0.2) is 68.0 Å². The van der Waals surface area contributed by atoms with Crippen molar-refractivity contribution < 1.29 is 28.6 Å². The third-order valence-corrected chi connectivity index (χ3v) is 4.80. The van der Waals surface area contributed by atoms with Gasteiger partial charge in [0.15, 0.2) is 11.5 Å². The lowest BCUT2D eigenvalue weighted by Crippen LogP contribution is -2.35. The van der Waals surface area contributed by atoms with E-state index in [-0.39, 0.29) is 11.3 Å². The number of ether oxygens (including phenoxy) is 2. The minimum atomic E-state index is -0.807. The van der Waals surface area contributed by atoms with E-state index in [4.69, 9.17) is 13.9 Å². The van der Waals surface area contributed by atoms with E-state index in [1.165, 1.54) is 25.4 Å². The molecule has 0 unspecified atom stereocenters. The van der Waals surface area contributed by atoms with E-state index < -0.39 is 17.7 Å². The summed E-state index contributed by atoms with van der Waals surface area (Å²) in [4.78, 5) is 28.9. The number of furan rings is 1. The Labute approximate surface area is 168 Å². The Morgan fingerprint density at radius 1 is 1.17 bits per heavy atom. The summed E-state index contributed by atoms with van der Waals surface area (Å²) in [6.45, 7) is 0.867. The van der Waals surface area contributed by atoms with Gasteiger partial charge in [0, 0.05) is 18.7 Å². The van der Waals surface area contributed by atoms with E-state index in [1.807, 2.05) is 19.0 Å². The molecule has 0 radical (unpaired) electrons. The zero-order valence-electron chi connectivity index (χ0n) is 16.8. The number of likely N-dealkylation sites (N-methyl/N-ethyl adjacent to an activating group) is 1. The molecular formula is C21H24N2O6. The second kappa shape index (κ2) is 8.40. The largest absolute Gasteiger partial charge is 0.507 e. The number of hydrogen-bond acceptors (Lipinski definition) is 7. The molecule has 0 saturated carbocycles. The molecule has 154 valence electrons. The van der Waals surface area contributed by atoms with Crippen LogP contribution in [0, 0.1) is 0 Å². The first-order valence-electron chi connectivity index (χ1n) is 9.08. The maximum Gasteiger partial charge on any atom is 0.295 e. The number of carbonyl (C=O) groups excluding carboxylic acids is 2. The molecular weight excluding hydrogens is 376 g/mol. The third kappa shape index (κ3) is 3.84. The van der Waals surface area contributed by atoms with Crippen LogP contribution in [0.1, 0.15) is 17.4 Å². The summed E-state index contributed by atoms with van der Waals surface area (Å²) in [7, 11) is 6.74. The van der Waals surface area contributed by atoms with Crippen LogP contribution in [-0.2, 0) is 9.59 Å². The number of nitrogens with zero attached hydrogens (tertiary/aromatic N) is 2. The summed E-state index contributed by atoms with van der Waals surface area (Å²) in [5.41, 5.74) is 0.320. The zero-order chi connectivity index (χ0) is 21.1. The number of Topliss-reactive ketones (excluding diaryl/α,β-unsaturated/α-hetero) is 1. The minimum absolute atomic E-state index is 0.0177. The van der Waals surface area contributed by atoms with Crippen molar-refractivity contribution in [2.45, 2.75) is 6.04 Å². The molecule has 1 aliphatic rings. The summed E-state index contributed by atoms with van der Waals surface area (Å²) < 4.78 is 16.0. The highest BCUT2D eigenvalue weighted by Crippen LogP contribution is 2.40. The fourth-order valence-electron chi connectivity index (χ4n) is 3.30. The smallest absolute Gasteiger partial charge is 0.295 e. The van der Waals surface area contributed by atoms with E-state index in [2.05, 4.69) is 0 Å². The normalized spacial score (nSPS) is 18.5. The van der Waals surface area contributed by atoms with Crippen molar-refractivity contribution in [2.24, 2.45) is 0 Å². The van der Waals surface area contributed by atoms with Crippen LogP contribution in [0.3, 0.4) is 0 Å². The van der Waals surface area contributed by atoms with E-state index in [1.54, 1.807) is 30.3 Å². The number of rotatable bonds is 7. The molecule has 1 fully saturated rings. The van der Waals surface area contributed by atoms with Gasteiger partial charge in [0.05, 0.1) is 26.1 Å². The van der Waals surface area contributed by atoms with Crippen molar-refractivity contribution in [2.75, 3.05) is 41.4 Å². The zero-order valence-corrected chi connectivity index (χ0v) is 16.8. The van der Waals surface area contributed by atoms with Gasteiger partial charge in [0.1, 0.15) is 17.6 Å². The number of carbonyl (C=O) groups is 2. The summed E-state index contributed by atoms with van der Waals surface area (Å²) in [6, 6.07) is 7.33. The number of methoxy groups -OCH3 is 2. The van der Waals surface area contributed by atoms with Gasteiger partial charge in [-0.1, -0.05) is 0 Å².